The fraction of sp³-hybridized carbons (Fsp3) is 0.143. The summed E-state index contributed by atoms with van der Waals surface area (Å²) in [5.74, 6) is -8.09. The highest BCUT2D eigenvalue weighted by atomic mass is 19.2. The van der Waals surface area contributed by atoms with Crippen LogP contribution in [-0.2, 0) is 12.8 Å². The van der Waals surface area contributed by atoms with Gasteiger partial charge in [-0.05, 0) is 61.4 Å². The molecule has 0 aliphatic carbocycles. The lowest BCUT2D eigenvalue weighted by Crippen LogP contribution is -2.05. The van der Waals surface area contributed by atoms with Crippen LogP contribution in [0.15, 0.2) is 48.5 Å². The summed E-state index contributed by atoms with van der Waals surface area (Å²) in [6, 6.07) is 7.90. The van der Waals surface area contributed by atoms with E-state index in [1.807, 2.05) is 0 Å². The summed E-state index contributed by atoms with van der Waals surface area (Å²) >= 11 is 0. The van der Waals surface area contributed by atoms with Crippen LogP contribution in [0, 0.1) is 69.0 Å². The van der Waals surface area contributed by atoms with Gasteiger partial charge in [-0.3, -0.25) is 20.2 Å². The third-order valence-electron chi connectivity index (χ3n) is 6.34. The lowest BCUT2D eigenvalue weighted by atomic mass is 10.00. The summed E-state index contributed by atoms with van der Waals surface area (Å²) < 4.78 is 91.6. The van der Waals surface area contributed by atoms with Crippen LogP contribution in [0.25, 0.3) is 0 Å². The van der Waals surface area contributed by atoms with Gasteiger partial charge in [0.05, 0.1) is 9.85 Å². The van der Waals surface area contributed by atoms with E-state index < -0.39 is 80.1 Å². The van der Waals surface area contributed by atoms with E-state index in [2.05, 4.69) is 0 Å². The zero-order valence-corrected chi connectivity index (χ0v) is 21.2. The second-order valence-corrected chi connectivity index (χ2v) is 9.11. The van der Waals surface area contributed by atoms with Crippen LogP contribution in [0.5, 0.6) is 11.5 Å². The number of nitro groups is 2. The monoisotopic (exact) mass is 576 g/mol. The average Bonchev–Trinajstić information content (AvgIpc) is 2.91. The van der Waals surface area contributed by atoms with Crippen molar-refractivity contribution in [2.24, 2.45) is 0 Å². The quantitative estimate of drug-likeness (QED) is 0.0919. The van der Waals surface area contributed by atoms with E-state index >= 15 is 0 Å². The molecule has 0 saturated carbocycles. The molecule has 4 aromatic rings. The zero-order valence-electron chi connectivity index (χ0n) is 21.2. The van der Waals surface area contributed by atoms with Crippen LogP contribution in [0.1, 0.15) is 33.4 Å². The third-order valence-corrected chi connectivity index (χ3v) is 6.34. The molecule has 0 unspecified atom stereocenters. The fourth-order valence-electron chi connectivity index (χ4n) is 4.23. The molecule has 0 heterocycles. The molecule has 0 aliphatic heterocycles. The Hall–Kier alpha value is -4.94. The fourth-order valence-corrected chi connectivity index (χ4v) is 4.23. The number of hydrogen-bond donors (Lipinski definition) is 0. The van der Waals surface area contributed by atoms with E-state index in [0.717, 1.165) is 62.4 Å². The van der Waals surface area contributed by atoms with Gasteiger partial charge in [0, 0.05) is 47.2 Å². The molecule has 0 bridgehead atoms. The molecule has 7 nitrogen and oxygen atoms in total. The van der Waals surface area contributed by atoms with Crippen LogP contribution < -0.4 is 4.74 Å². The van der Waals surface area contributed by atoms with Gasteiger partial charge in [-0.1, -0.05) is 0 Å². The first-order valence-corrected chi connectivity index (χ1v) is 11.8. The number of halogens is 6. The van der Waals surface area contributed by atoms with E-state index in [4.69, 9.17) is 4.74 Å². The number of nitro benzene ring substituents is 2. The summed E-state index contributed by atoms with van der Waals surface area (Å²) in [5, 5.41) is 23.1. The Morgan fingerprint density at radius 2 is 0.976 bits per heavy atom. The number of nitrogens with zero attached hydrogens (tertiary/aromatic N) is 2. The molecule has 0 amide bonds. The standard InChI is InChI=1S/C28H18F6N2O5/c1-13-7-21(29)19(27(33)25(13)31)11-15-9-17(3-5-23(15)35(37)38)41-18-4-6-24(36(39)40)16(10-18)12-20-22(30)8-14(2)26(32)28(20)34/h3-10H,11-12H2,1-2H3. The van der Waals surface area contributed by atoms with Crippen LogP contribution in [0.4, 0.5) is 37.7 Å². The van der Waals surface area contributed by atoms with E-state index in [9.17, 15) is 46.6 Å². The Morgan fingerprint density at radius 3 is 1.32 bits per heavy atom. The van der Waals surface area contributed by atoms with Gasteiger partial charge >= 0.3 is 0 Å². The molecule has 0 aliphatic rings. The SMILES string of the molecule is Cc1cc(F)c(Cc2cc(Oc3ccc([N+](=O)[O-])c(Cc4c(F)cc(C)c(F)c4F)c3)ccc2[N+](=O)[O-])c(F)c1F. The van der Waals surface area contributed by atoms with Crippen LogP contribution in [-0.4, -0.2) is 9.85 Å². The predicted molar refractivity (Wildman–Crippen MR) is 134 cm³/mol. The summed E-state index contributed by atoms with van der Waals surface area (Å²) in [6.45, 7) is 2.30. The Kier molecular flexibility index (Phi) is 7.99. The molecule has 4 aromatic carbocycles. The number of aryl methyl sites for hydroxylation is 2. The van der Waals surface area contributed by atoms with Crippen LogP contribution in [0.3, 0.4) is 0 Å². The van der Waals surface area contributed by atoms with Gasteiger partial charge in [-0.15, -0.1) is 0 Å². The van der Waals surface area contributed by atoms with Crippen molar-refractivity contribution in [2.45, 2.75) is 26.7 Å². The maximum Gasteiger partial charge on any atom is 0.273 e. The molecule has 0 N–H and O–H groups in total. The highest BCUT2D eigenvalue weighted by molar-refractivity contribution is 5.52. The van der Waals surface area contributed by atoms with Gasteiger partial charge in [0.25, 0.3) is 11.4 Å². The van der Waals surface area contributed by atoms with Crippen molar-refractivity contribution < 1.29 is 40.9 Å². The summed E-state index contributed by atoms with van der Waals surface area (Å²) in [7, 11) is 0. The van der Waals surface area contributed by atoms with E-state index in [-0.39, 0.29) is 33.8 Å². The molecule has 4 rings (SSSR count). The second-order valence-electron chi connectivity index (χ2n) is 9.11. The first kappa shape index (κ1) is 29.1. The van der Waals surface area contributed by atoms with Gasteiger partial charge < -0.3 is 4.74 Å². The van der Waals surface area contributed by atoms with Gasteiger partial charge in [0.2, 0.25) is 0 Å². The molecule has 41 heavy (non-hydrogen) atoms. The van der Waals surface area contributed by atoms with Crippen molar-refractivity contribution in [3.05, 3.63) is 137 Å². The van der Waals surface area contributed by atoms with Crippen molar-refractivity contribution >= 4 is 11.4 Å². The lowest BCUT2D eigenvalue weighted by Gasteiger charge is -2.12. The number of rotatable bonds is 8. The first-order valence-electron chi connectivity index (χ1n) is 11.8. The largest absolute Gasteiger partial charge is 0.457 e. The molecule has 0 fully saturated rings. The lowest BCUT2D eigenvalue weighted by molar-refractivity contribution is -0.385. The molecule has 212 valence electrons. The van der Waals surface area contributed by atoms with Crippen LogP contribution >= 0.6 is 0 Å². The number of hydrogen-bond acceptors (Lipinski definition) is 5. The van der Waals surface area contributed by atoms with Gasteiger partial charge in [0.15, 0.2) is 23.3 Å². The smallest absolute Gasteiger partial charge is 0.273 e. The maximum absolute atomic E-state index is 14.5. The molecular formula is C28H18F6N2O5. The summed E-state index contributed by atoms with van der Waals surface area (Å²) in [4.78, 5) is 21.5. The molecule has 13 heteroatoms. The van der Waals surface area contributed by atoms with Crippen molar-refractivity contribution in [1.82, 2.24) is 0 Å². The van der Waals surface area contributed by atoms with Gasteiger partial charge in [-0.2, -0.15) is 0 Å². The summed E-state index contributed by atoms with van der Waals surface area (Å²) in [5.41, 5.74) is -3.66. The van der Waals surface area contributed by atoms with E-state index in [1.54, 1.807) is 0 Å². The molecule has 0 aromatic heterocycles. The first-order chi connectivity index (χ1) is 19.3. The highest BCUT2D eigenvalue weighted by Gasteiger charge is 2.24. The van der Waals surface area contributed by atoms with Gasteiger partial charge in [-0.25, -0.2) is 26.3 Å². The normalized spacial score (nSPS) is 11.0. The Bertz CT molecular complexity index is 1600. The van der Waals surface area contributed by atoms with Crippen molar-refractivity contribution in [3.63, 3.8) is 0 Å². The number of ether oxygens (including phenoxy) is 1. The zero-order chi connectivity index (χ0) is 30.2. The third kappa shape index (κ3) is 5.83. The minimum absolute atomic E-state index is 0.113. The van der Waals surface area contributed by atoms with Crippen molar-refractivity contribution in [1.29, 1.82) is 0 Å². The maximum atomic E-state index is 14.5. The van der Waals surface area contributed by atoms with E-state index in [1.165, 1.54) is 0 Å². The van der Waals surface area contributed by atoms with Crippen LogP contribution in [0.2, 0.25) is 0 Å². The molecule has 0 saturated heterocycles. The van der Waals surface area contributed by atoms with E-state index in [0.29, 0.717) is 0 Å². The predicted octanol–water partition coefficient (Wildman–Crippen LogP) is 7.93. The van der Waals surface area contributed by atoms with Crippen molar-refractivity contribution in [3.8, 4) is 11.5 Å². The Labute approximate surface area is 227 Å². The molecule has 0 atom stereocenters. The average molecular weight is 576 g/mol. The minimum Gasteiger partial charge on any atom is -0.457 e. The second kappa shape index (κ2) is 11.3. The topological polar surface area (TPSA) is 95.5 Å². The van der Waals surface area contributed by atoms with Crippen molar-refractivity contribution in [2.75, 3.05) is 0 Å². The molecule has 0 radical (unpaired) electrons. The van der Waals surface area contributed by atoms with Gasteiger partial charge in [0.1, 0.15) is 23.1 Å². The minimum atomic E-state index is -1.50. The summed E-state index contributed by atoms with van der Waals surface area (Å²) in [6.07, 6.45) is -1.43. The number of benzene rings is 4. The molecule has 0 spiro atoms. The molecular weight excluding hydrogens is 558 g/mol. The Balaban J connectivity index is 1.73. The Morgan fingerprint density at radius 1 is 0.610 bits per heavy atom. The highest BCUT2D eigenvalue weighted by Crippen LogP contribution is 2.34.